The lowest BCUT2D eigenvalue weighted by molar-refractivity contribution is -0.0368. The second kappa shape index (κ2) is 7.56. The molecule has 1 saturated heterocycles. The summed E-state index contributed by atoms with van der Waals surface area (Å²) in [4.78, 5) is 16.8. The molecular formula is C16H18ClN5O3. The van der Waals surface area contributed by atoms with Gasteiger partial charge in [0.25, 0.3) is 0 Å². The van der Waals surface area contributed by atoms with Gasteiger partial charge in [-0.15, -0.1) is 0 Å². The lowest BCUT2D eigenvalue weighted by Gasteiger charge is -2.38. The molecule has 2 rings (SSSR count). The van der Waals surface area contributed by atoms with E-state index < -0.39 is 11.7 Å². The van der Waals surface area contributed by atoms with Crippen LogP contribution in [0.2, 0.25) is 5.15 Å². The van der Waals surface area contributed by atoms with Crippen molar-refractivity contribution in [3.8, 4) is 12.1 Å². The number of hydrogen-bond donors (Lipinski definition) is 2. The second-order valence-electron chi connectivity index (χ2n) is 5.85. The Hall–Kier alpha value is -2.55. The molecule has 0 radical (unpaired) electrons. The highest BCUT2D eigenvalue weighted by atomic mass is 35.5. The van der Waals surface area contributed by atoms with Crippen LogP contribution < -0.4 is 10.6 Å². The quantitative estimate of drug-likeness (QED) is 0.772. The Morgan fingerprint density at radius 2 is 2.00 bits per heavy atom. The minimum atomic E-state index is -1.16. The number of primary amides is 1. The van der Waals surface area contributed by atoms with Crippen molar-refractivity contribution in [3.05, 3.63) is 21.8 Å². The molecule has 1 aliphatic rings. The number of carbonyl (C=O) groups is 1. The lowest BCUT2D eigenvalue weighted by Crippen LogP contribution is -2.48. The number of piperidine rings is 1. The van der Waals surface area contributed by atoms with Crippen LogP contribution in [0.25, 0.3) is 0 Å². The van der Waals surface area contributed by atoms with Gasteiger partial charge in [-0.3, -0.25) is 0 Å². The van der Waals surface area contributed by atoms with E-state index in [0.29, 0.717) is 49.3 Å². The molecule has 1 aromatic heterocycles. The van der Waals surface area contributed by atoms with Crippen LogP contribution in [0, 0.1) is 22.7 Å². The van der Waals surface area contributed by atoms with Crippen molar-refractivity contribution < 1.29 is 14.6 Å². The van der Waals surface area contributed by atoms with Gasteiger partial charge in [0.05, 0.1) is 11.1 Å². The number of nitrogens with two attached hydrogens (primary N) is 1. The fourth-order valence-corrected chi connectivity index (χ4v) is 3.12. The lowest BCUT2D eigenvalue weighted by atomic mass is 9.91. The molecule has 0 spiro atoms. The Morgan fingerprint density at radius 1 is 1.40 bits per heavy atom. The number of ether oxygens (including phenoxy) is 1. The van der Waals surface area contributed by atoms with Gasteiger partial charge in [-0.25, -0.2) is 9.78 Å². The number of anilines is 1. The largest absolute Gasteiger partial charge is 0.447 e. The van der Waals surface area contributed by atoms with E-state index in [9.17, 15) is 20.4 Å². The third-order valence-electron chi connectivity index (χ3n) is 4.29. The summed E-state index contributed by atoms with van der Waals surface area (Å²) in [6.07, 6.45) is 0.166. The molecule has 0 aliphatic carbocycles. The van der Waals surface area contributed by atoms with E-state index in [1.54, 1.807) is 0 Å². The second-order valence-corrected chi connectivity index (χ2v) is 6.21. The van der Waals surface area contributed by atoms with Crippen LogP contribution in [0.1, 0.15) is 36.5 Å². The van der Waals surface area contributed by atoms with Crippen molar-refractivity contribution in [1.29, 1.82) is 10.5 Å². The Balaban J connectivity index is 2.27. The number of halogens is 1. The first-order chi connectivity index (χ1) is 11.8. The van der Waals surface area contributed by atoms with Gasteiger partial charge in [-0.2, -0.15) is 10.5 Å². The average Bonchev–Trinajstić information content (AvgIpc) is 2.59. The Kier molecular flexibility index (Phi) is 5.68. The topological polar surface area (TPSA) is 136 Å². The zero-order chi connectivity index (χ0) is 18.6. The van der Waals surface area contributed by atoms with Crippen LogP contribution >= 0.6 is 11.6 Å². The Bertz CT molecular complexity index is 761. The maximum absolute atomic E-state index is 10.7. The third kappa shape index (κ3) is 3.93. The molecule has 1 aliphatic heterocycles. The van der Waals surface area contributed by atoms with E-state index in [1.165, 1.54) is 0 Å². The van der Waals surface area contributed by atoms with E-state index >= 15 is 0 Å². The molecule has 0 saturated carbocycles. The minimum absolute atomic E-state index is 0.0613. The van der Waals surface area contributed by atoms with Gasteiger partial charge in [0.2, 0.25) is 0 Å². The van der Waals surface area contributed by atoms with E-state index in [1.807, 2.05) is 17.9 Å². The summed E-state index contributed by atoms with van der Waals surface area (Å²) >= 11 is 6.11. The van der Waals surface area contributed by atoms with E-state index in [0.717, 1.165) is 0 Å². The van der Waals surface area contributed by atoms with Crippen LogP contribution in [0.15, 0.2) is 0 Å². The molecule has 2 heterocycles. The first-order valence-corrected chi connectivity index (χ1v) is 8.15. The zero-order valence-electron chi connectivity index (χ0n) is 13.8. The number of nitriles is 2. The number of pyridine rings is 1. The molecule has 8 nitrogen and oxygen atoms in total. The van der Waals surface area contributed by atoms with Crippen molar-refractivity contribution in [2.75, 3.05) is 24.6 Å². The van der Waals surface area contributed by atoms with E-state index in [4.69, 9.17) is 22.1 Å². The molecule has 3 N–H and O–H groups in total. The maximum Gasteiger partial charge on any atom is 0.404 e. The summed E-state index contributed by atoms with van der Waals surface area (Å²) in [6.45, 7) is 2.45. The fourth-order valence-electron chi connectivity index (χ4n) is 2.89. The fraction of sp³-hybridized carbons (Fsp3) is 0.500. The van der Waals surface area contributed by atoms with Crippen LogP contribution in [0.3, 0.4) is 0 Å². The van der Waals surface area contributed by atoms with Gasteiger partial charge < -0.3 is 20.5 Å². The van der Waals surface area contributed by atoms with Crippen molar-refractivity contribution >= 4 is 23.5 Å². The first-order valence-electron chi connectivity index (χ1n) is 7.77. The first kappa shape index (κ1) is 18.8. The number of aromatic nitrogens is 1. The number of carbonyl (C=O) groups excluding carboxylic acids is 1. The van der Waals surface area contributed by atoms with Crippen LogP contribution in [0.5, 0.6) is 0 Å². The molecule has 0 atom stereocenters. The molecule has 1 fully saturated rings. The zero-order valence-corrected chi connectivity index (χ0v) is 14.5. The van der Waals surface area contributed by atoms with Crippen molar-refractivity contribution in [3.63, 3.8) is 0 Å². The monoisotopic (exact) mass is 363 g/mol. The van der Waals surface area contributed by atoms with E-state index in [-0.39, 0.29) is 17.3 Å². The minimum Gasteiger partial charge on any atom is -0.447 e. The van der Waals surface area contributed by atoms with Gasteiger partial charge in [0, 0.05) is 13.1 Å². The molecule has 132 valence electrons. The summed E-state index contributed by atoms with van der Waals surface area (Å²) in [5.74, 6) is 0.404. The molecule has 9 heteroatoms. The molecule has 0 aromatic carbocycles. The van der Waals surface area contributed by atoms with E-state index in [2.05, 4.69) is 11.1 Å². The normalized spacial score (nSPS) is 16.0. The molecular weight excluding hydrogens is 346 g/mol. The van der Waals surface area contributed by atoms with Gasteiger partial charge >= 0.3 is 6.09 Å². The summed E-state index contributed by atoms with van der Waals surface area (Å²) in [5.41, 5.74) is 4.87. The van der Waals surface area contributed by atoms with Crippen LogP contribution in [-0.4, -0.2) is 41.5 Å². The summed E-state index contributed by atoms with van der Waals surface area (Å²) in [7, 11) is 0. The molecule has 0 unspecified atom stereocenters. The summed E-state index contributed by atoms with van der Waals surface area (Å²) < 4.78 is 4.70. The SMILES string of the molecule is CCc1c(C#N)c(Cl)nc(N2CCC(O)(COC(N)=O)CC2)c1C#N. The molecule has 0 bridgehead atoms. The third-order valence-corrected chi connectivity index (χ3v) is 4.56. The predicted octanol–water partition coefficient (Wildman–Crippen LogP) is 1.47. The van der Waals surface area contributed by atoms with Gasteiger partial charge in [0.1, 0.15) is 35.3 Å². The number of amides is 1. The van der Waals surface area contributed by atoms with Crippen LogP contribution in [-0.2, 0) is 11.2 Å². The Labute approximate surface area is 150 Å². The van der Waals surface area contributed by atoms with Gasteiger partial charge in [-0.1, -0.05) is 18.5 Å². The maximum atomic E-state index is 10.7. The standard InChI is InChI=1S/C16H18ClN5O3/c1-2-10-11(7-18)13(17)21-14(12(10)8-19)22-5-3-16(24,4-6-22)9-25-15(20)23/h24H,2-6,9H2,1H3,(H2,20,23). The summed E-state index contributed by atoms with van der Waals surface area (Å²) in [5, 5.41) is 29.3. The predicted molar refractivity (Wildman–Crippen MR) is 90.0 cm³/mol. The summed E-state index contributed by atoms with van der Waals surface area (Å²) in [6, 6.07) is 4.11. The number of hydrogen-bond acceptors (Lipinski definition) is 7. The highest BCUT2D eigenvalue weighted by Gasteiger charge is 2.35. The highest BCUT2D eigenvalue weighted by Crippen LogP contribution is 2.32. The van der Waals surface area contributed by atoms with Crippen LogP contribution in [0.4, 0.5) is 10.6 Å². The number of rotatable bonds is 4. The molecule has 25 heavy (non-hydrogen) atoms. The molecule has 1 aromatic rings. The smallest absolute Gasteiger partial charge is 0.404 e. The average molecular weight is 364 g/mol. The van der Waals surface area contributed by atoms with Crippen molar-refractivity contribution in [1.82, 2.24) is 4.98 Å². The number of aliphatic hydroxyl groups is 1. The van der Waals surface area contributed by atoms with Gasteiger partial charge in [-0.05, 0) is 24.8 Å². The number of nitrogens with zero attached hydrogens (tertiary/aromatic N) is 4. The molecule has 1 amide bonds. The van der Waals surface area contributed by atoms with Crippen molar-refractivity contribution in [2.45, 2.75) is 31.8 Å². The van der Waals surface area contributed by atoms with Crippen molar-refractivity contribution in [2.24, 2.45) is 5.73 Å². The van der Waals surface area contributed by atoms with Gasteiger partial charge in [0.15, 0.2) is 0 Å². The highest BCUT2D eigenvalue weighted by molar-refractivity contribution is 6.30. The Morgan fingerprint density at radius 3 is 2.48 bits per heavy atom.